The second-order valence-corrected chi connectivity index (χ2v) is 12.3. The van der Waals surface area contributed by atoms with Crippen LogP contribution in [-0.4, -0.2) is 66.6 Å². The van der Waals surface area contributed by atoms with E-state index in [1.807, 2.05) is 42.5 Å². The van der Waals surface area contributed by atoms with Crippen LogP contribution in [0.25, 0.3) is 21.3 Å². The number of carbonyl (C=O) groups is 3. The van der Waals surface area contributed by atoms with Crippen LogP contribution >= 0.6 is 11.3 Å². The number of rotatable bonds is 10. The molecule has 2 aromatic carbocycles. The first-order chi connectivity index (χ1) is 19.9. The van der Waals surface area contributed by atoms with Crippen molar-refractivity contribution in [1.29, 1.82) is 0 Å². The van der Waals surface area contributed by atoms with E-state index in [-0.39, 0.29) is 37.3 Å². The predicted molar refractivity (Wildman–Crippen MR) is 160 cm³/mol. The molecule has 1 fully saturated rings. The summed E-state index contributed by atoms with van der Waals surface area (Å²) in [5.41, 5.74) is 7.16. The quantitative estimate of drug-likeness (QED) is 0.325. The summed E-state index contributed by atoms with van der Waals surface area (Å²) in [6.07, 6.45) is -0.0967. The lowest BCUT2D eigenvalue weighted by Gasteiger charge is -2.37. The molecule has 0 bridgehead atoms. The molecule has 3 amide bonds. The highest BCUT2D eigenvalue weighted by molar-refractivity contribution is 7.16. The Labute approximate surface area is 248 Å². The van der Waals surface area contributed by atoms with E-state index in [2.05, 4.69) is 10.6 Å². The number of fused-ring (bicyclic) bond motifs is 1. The Hall–Kier alpha value is -3.74. The zero-order valence-electron chi connectivity index (χ0n) is 24.4. The zero-order valence-corrected chi connectivity index (χ0v) is 25.2. The lowest BCUT2D eigenvalue weighted by atomic mass is 9.88. The number of aromatic nitrogens is 1. The third kappa shape index (κ3) is 7.55. The highest BCUT2D eigenvalue weighted by atomic mass is 32.1. The number of ether oxygens (including phenoxy) is 3. The van der Waals surface area contributed by atoms with E-state index >= 15 is 0 Å². The van der Waals surface area contributed by atoms with Crippen LogP contribution in [0.1, 0.15) is 39.2 Å². The van der Waals surface area contributed by atoms with Gasteiger partial charge in [0.25, 0.3) is 0 Å². The molecule has 4 N–H and O–H groups in total. The molecule has 12 heteroatoms. The summed E-state index contributed by atoms with van der Waals surface area (Å²) in [5, 5.41) is 5.47. The summed E-state index contributed by atoms with van der Waals surface area (Å²) in [5.74, 6) is -1.20. The lowest BCUT2D eigenvalue weighted by Crippen LogP contribution is -2.64. The normalized spacial score (nSPS) is 15.6. The zero-order chi connectivity index (χ0) is 30.5. The van der Waals surface area contributed by atoms with Crippen LogP contribution in [0.15, 0.2) is 47.3 Å². The Morgan fingerprint density at radius 3 is 2.38 bits per heavy atom. The number of benzene rings is 2. The van der Waals surface area contributed by atoms with Gasteiger partial charge in [-0.3, -0.25) is 19.0 Å². The number of nitrogens with one attached hydrogen (secondary N) is 2. The molecule has 11 nitrogen and oxygen atoms in total. The van der Waals surface area contributed by atoms with Gasteiger partial charge in [-0.15, -0.1) is 0 Å². The Balaban J connectivity index is 1.49. The van der Waals surface area contributed by atoms with Crippen molar-refractivity contribution in [2.45, 2.75) is 63.8 Å². The van der Waals surface area contributed by atoms with Crippen molar-refractivity contribution in [2.24, 2.45) is 5.73 Å². The molecule has 226 valence electrons. The average molecular weight is 599 g/mol. The van der Waals surface area contributed by atoms with Crippen LogP contribution in [0, 0.1) is 0 Å². The number of hydrogen-bond donors (Lipinski definition) is 3. The molecule has 0 spiro atoms. The molecule has 1 saturated heterocycles. The van der Waals surface area contributed by atoms with Crippen molar-refractivity contribution in [1.82, 2.24) is 15.2 Å². The first-order valence-corrected chi connectivity index (χ1v) is 14.6. The van der Waals surface area contributed by atoms with E-state index < -0.39 is 35.1 Å². The van der Waals surface area contributed by atoms with Gasteiger partial charge in [0, 0.05) is 39.6 Å². The number of hydrogen-bond acceptors (Lipinski definition) is 8. The molecule has 4 rings (SSSR count). The number of nitrogens with zero attached hydrogens (tertiary/aromatic N) is 1. The maximum Gasteiger partial charge on any atom is 0.408 e. The Morgan fingerprint density at radius 1 is 1.10 bits per heavy atom. The van der Waals surface area contributed by atoms with E-state index in [1.54, 1.807) is 32.4 Å². The van der Waals surface area contributed by atoms with Crippen LogP contribution < -0.4 is 21.2 Å². The molecule has 0 radical (unpaired) electrons. The molecule has 1 atom stereocenters. The third-order valence-electron chi connectivity index (χ3n) is 7.08. The predicted octanol–water partition coefficient (Wildman–Crippen LogP) is 2.96. The minimum atomic E-state index is -1.29. The van der Waals surface area contributed by atoms with Crippen LogP contribution in [0.5, 0.6) is 0 Å². The van der Waals surface area contributed by atoms with Crippen LogP contribution in [0.2, 0.25) is 0 Å². The second kappa shape index (κ2) is 13.1. The molecule has 1 aliphatic heterocycles. The Bertz CT molecular complexity index is 1480. The SMILES string of the molecule is COCCn1c(=O)sc2ccc(-c3ccc(CC(NC(=O)C4(NC(=O)OC(C)(C)C)CCOCC4)C(N)=O)cc3)cc21. The molecule has 1 unspecified atom stereocenters. The highest BCUT2D eigenvalue weighted by Crippen LogP contribution is 2.27. The fourth-order valence-electron chi connectivity index (χ4n) is 4.85. The van der Waals surface area contributed by atoms with Crippen molar-refractivity contribution < 1.29 is 28.6 Å². The maximum absolute atomic E-state index is 13.5. The molecule has 1 aromatic heterocycles. The van der Waals surface area contributed by atoms with Crippen LogP contribution in [0.4, 0.5) is 4.79 Å². The first kappa shape index (κ1) is 31.2. The summed E-state index contributed by atoms with van der Waals surface area (Å²) in [7, 11) is 1.60. The van der Waals surface area contributed by atoms with Gasteiger partial charge in [-0.25, -0.2) is 4.79 Å². The number of carbonyl (C=O) groups excluding carboxylic acids is 3. The summed E-state index contributed by atoms with van der Waals surface area (Å²) in [6.45, 7) is 6.66. The monoisotopic (exact) mass is 598 g/mol. The third-order valence-corrected chi connectivity index (χ3v) is 8.04. The fraction of sp³-hybridized carbons (Fsp3) is 0.467. The van der Waals surface area contributed by atoms with E-state index in [0.717, 1.165) is 26.9 Å². The topological polar surface area (TPSA) is 151 Å². The number of amides is 3. The van der Waals surface area contributed by atoms with Gasteiger partial charge in [0.15, 0.2) is 0 Å². The van der Waals surface area contributed by atoms with Gasteiger partial charge in [0.2, 0.25) is 11.8 Å². The number of alkyl carbamates (subject to hydrolysis) is 1. The molecular formula is C30H38N4O7S. The van der Waals surface area contributed by atoms with E-state index in [4.69, 9.17) is 19.9 Å². The minimum absolute atomic E-state index is 0.0297. The standard InChI is InChI=1S/C30H38N4O7S/c1-29(2,3)41-27(37)33-30(11-14-40-15-12-30)26(36)32-22(25(31)35)17-19-5-7-20(8-6-19)21-9-10-24-23(18-21)34(13-16-39-4)28(38)42-24/h5-10,18,22H,11-17H2,1-4H3,(H2,31,35)(H,32,36)(H,33,37). The number of thiazole rings is 1. The molecular weight excluding hydrogens is 560 g/mol. The highest BCUT2D eigenvalue weighted by Gasteiger charge is 2.43. The summed E-state index contributed by atoms with van der Waals surface area (Å²) >= 11 is 1.20. The molecule has 1 aliphatic rings. The molecule has 42 heavy (non-hydrogen) atoms. The maximum atomic E-state index is 13.5. The van der Waals surface area contributed by atoms with E-state index in [0.29, 0.717) is 13.2 Å². The van der Waals surface area contributed by atoms with Crippen molar-refractivity contribution in [3.8, 4) is 11.1 Å². The van der Waals surface area contributed by atoms with Gasteiger partial charge in [0.1, 0.15) is 17.2 Å². The fourth-order valence-corrected chi connectivity index (χ4v) is 5.75. The Morgan fingerprint density at radius 2 is 1.76 bits per heavy atom. The molecule has 3 aromatic rings. The lowest BCUT2D eigenvalue weighted by molar-refractivity contribution is -0.135. The Kier molecular flexibility index (Phi) is 9.70. The van der Waals surface area contributed by atoms with Crippen molar-refractivity contribution in [3.05, 3.63) is 57.7 Å². The number of nitrogens with two attached hydrogens (primary N) is 1. The van der Waals surface area contributed by atoms with Gasteiger partial charge >= 0.3 is 11.0 Å². The largest absolute Gasteiger partial charge is 0.444 e. The minimum Gasteiger partial charge on any atom is -0.444 e. The second-order valence-electron chi connectivity index (χ2n) is 11.3. The summed E-state index contributed by atoms with van der Waals surface area (Å²) in [6, 6.07) is 12.5. The molecule has 0 saturated carbocycles. The number of methoxy groups -OCH3 is 1. The van der Waals surface area contributed by atoms with Gasteiger partial charge in [-0.1, -0.05) is 41.7 Å². The van der Waals surface area contributed by atoms with Crippen molar-refractivity contribution >= 4 is 39.5 Å². The first-order valence-electron chi connectivity index (χ1n) is 13.8. The summed E-state index contributed by atoms with van der Waals surface area (Å²) < 4.78 is 18.6. The van der Waals surface area contributed by atoms with Gasteiger partial charge in [-0.05, 0) is 49.6 Å². The van der Waals surface area contributed by atoms with E-state index in [1.165, 1.54) is 11.3 Å². The van der Waals surface area contributed by atoms with Gasteiger partial charge < -0.3 is 30.6 Å². The van der Waals surface area contributed by atoms with Gasteiger partial charge in [0.05, 0.1) is 23.4 Å². The van der Waals surface area contributed by atoms with Crippen LogP contribution in [-0.2, 0) is 36.8 Å². The molecule has 2 heterocycles. The number of primary amides is 1. The smallest absolute Gasteiger partial charge is 0.408 e. The summed E-state index contributed by atoms with van der Waals surface area (Å²) in [4.78, 5) is 50.8. The van der Waals surface area contributed by atoms with Crippen LogP contribution in [0.3, 0.4) is 0 Å². The van der Waals surface area contributed by atoms with Crippen molar-refractivity contribution in [3.63, 3.8) is 0 Å². The van der Waals surface area contributed by atoms with E-state index in [9.17, 15) is 19.2 Å². The molecule has 0 aliphatic carbocycles. The average Bonchev–Trinajstić information content (AvgIpc) is 3.25. The van der Waals surface area contributed by atoms with Crippen molar-refractivity contribution in [2.75, 3.05) is 26.9 Å². The van der Waals surface area contributed by atoms with Gasteiger partial charge in [-0.2, -0.15) is 0 Å².